The van der Waals surface area contributed by atoms with Gasteiger partial charge in [0.15, 0.2) is 0 Å². The minimum Gasteiger partial charge on any atom is -0.368 e. The first-order valence-electron chi connectivity index (χ1n) is 7.07. The van der Waals surface area contributed by atoms with Crippen molar-refractivity contribution in [3.8, 4) is 0 Å². The fourth-order valence-corrected chi connectivity index (χ4v) is 2.16. The summed E-state index contributed by atoms with van der Waals surface area (Å²) in [5, 5.41) is 2.68. The molecule has 0 aliphatic carbocycles. The summed E-state index contributed by atoms with van der Waals surface area (Å²) in [4.78, 5) is 32.4. The largest absolute Gasteiger partial charge is 0.368 e. The lowest BCUT2D eigenvalue weighted by Gasteiger charge is -2.16. The van der Waals surface area contributed by atoms with Crippen LogP contribution in [0, 0.1) is 0 Å². The normalized spacial score (nSPS) is 12.0. The Morgan fingerprint density at radius 3 is 2.43 bits per heavy atom. The highest BCUT2D eigenvalue weighted by Gasteiger charge is 2.23. The molecule has 1 heterocycles. The Morgan fingerprint density at radius 1 is 1.22 bits per heavy atom. The van der Waals surface area contributed by atoms with Crippen LogP contribution in [0.15, 0.2) is 36.5 Å². The van der Waals surface area contributed by atoms with Gasteiger partial charge in [0.2, 0.25) is 5.91 Å². The number of nitrogens with zero attached hydrogens (tertiary/aromatic N) is 2. The summed E-state index contributed by atoms with van der Waals surface area (Å²) in [6.45, 7) is 3.81. The van der Waals surface area contributed by atoms with Crippen molar-refractivity contribution in [1.29, 1.82) is 0 Å². The molecule has 1 aromatic carbocycles. The van der Waals surface area contributed by atoms with E-state index in [2.05, 4.69) is 15.3 Å². The molecule has 0 unspecified atom stereocenters. The third kappa shape index (κ3) is 4.04. The Morgan fingerprint density at radius 2 is 1.87 bits per heavy atom. The number of rotatable bonds is 5. The van der Waals surface area contributed by atoms with Gasteiger partial charge < -0.3 is 11.1 Å². The zero-order valence-corrected chi connectivity index (χ0v) is 13.5. The van der Waals surface area contributed by atoms with Crippen LogP contribution in [0.25, 0.3) is 0 Å². The maximum Gasteiger partial charge on any atom is 0.272 e. The van der Waals surface area contributed by atoms with Crippen molar-refractivity contribution >= 4 is 23.4 Å². The lowest BCUT2D eigenvalue weighted by Crippen LogP contribution is -2.38. The molecule has 0 saturated carbocycles. The van der Waals surface area contributed by atoms with Crippen LogP contribution in [-0.2, 0) is 4.79 Å². The van der Waals surface area contributed by atoms with E-state index < -0.39 is 17.9 Å². The van der Waals surface area contributed by atoms with E-state index in [-0.39, 0.29) is 16.6 Å². The van der Waals surface area contributed by atoms with Gasteiger partial charge in [-0.15, -0.1) is 0 Å². The van der Waals surface area contributed by atoms with Gasteiger partial charge in [-0.25, -0.2) is 9.97 Å². The van der Waals surface area contributed by atoms with Crippen LogP contribution in [-0.4, -0.2) is 21.8 Å². The maximum atomic E-state index is 12.4. The molecule has 7 heteroatoms. The van der Waals surface area contributed by atoms with Crippen molar-refractivity contribution in [1.82, 2.24) is 15.3 Å². The molecule has 6 nitrogen and oxygen atoms in total. The van der Waals surface area contributed by atoms with Gasteiger partial charge in [-0.3, -0.25) is 9.59 Å². The topological polar surface area (TPSA) is 98.0 Å². The Labute approximate surface area is 139 Å². The summed E-state index contributed by atoms with van der Waals surface area (Å²) in [5.41, 5.74) is 6.00. The Kier molecular flexibility index (Phi) is 5.28. The number of nitrogens with one attached hydrogen (secondary N) is 1. The molecule has 0 saturated heterocycles. The molecular formula is C16H17ClN4O2. The first kappa shape index (κ1) is 16.9. The van der Waals surface area contributed by atoms with Crippen molar-refractivity contribution in [3.63, 3.8) is 0 Å². The Balaban J connectivity index is 2.30. The average molecular weight is 333 g/mol. The molecule has 120 valence electrons. The number of nitrogens with two attached hydrogens (primary N) is 1. The fourth-order valence-electron chi connectivity index (χ4n) is 1.98. The summed E-state index contributed by atoms with van der Waals surface area (Å²) in [5.74, 6) is -0.708. The zero-order valence-electron chi connectivity index (χ0n) is 12.8. The number of amides is 2. The predicted molar refractivity (Wildman–Crippen MR) is 87.0 cm³/mol. The van der Waals surface area contributed by atoms with Gasteiger partial charge in [-0.05, 0) is 5.56 Å². The van der Waals surface area contributed by atoms with E-state index in [1.54, 1.807) is 30.3 Å². The third-order valence-electron chi connectivity index (χ3n) is 3.19. The third-order valence-corrected chi connectivity index (χ3v) is 3.46. The van der Waals surface area contributed by atoms with E-state index in [4.69, 9.17) is 17.3 Å². The highest BCUT2D eigenvalue weighted by atomic mass is 35.5. The second-order valence-corrected chi connectivity index (χ2v) is 5.71. The summed E-state index contributed by atoms with van der Waals surface area (Å²) < 4.78 is 0. The highest BCUT2D eigenvalue weighted by molar-refractivity contribution is 6.33. The molecule has 0 radical (unpaired) electrons. The van der Waals surface area contributed by atoms with Gasteiger partial charge in [0.05, 0.1) is 11.2 Å². The standard InChI is InChI=1S/C16H17ClN4O2/c1-9(2)15-19-8-11(17)13(20-15)16(23)21-12(14(18)22)10-6-4-3-5-7-10/h3-9,12H,1-2H3,(H2,18,22)(H,21,23)/t12-/m1/s1. The molecular weight excluding hydrogens is 316 g/mol. The van der Waals surface area contributed by atoms with Crippen molar-refractivity contribution < 1.29 is 9.59 Å². The van der Waals surface area contributed by atoms with Crippen LogP contribution in [0.1, 0.15) is 47.7 Å². The molecule has 2 rings (SSSR count). The summed E-state index contributed by atoms with van der Waals surface area (Å²) in [6.07, 6.45) is 1.38. The predicted octanol–water partition coefficient (Wildman–Crippen LogP) is 2.21. The van der Waals surface area contributed by atoms with E-state index in [9.17, 15) is 9.59 Å². The molecule has 23 heavy (non-hydrogen) atoms. The van der Waals surface area contributed by atoms with E-state index in [1.165, 1.54) is 6.20 Å². The zero-order chi connectivity index (χ0) is 17.0. The molecule has 2 amide bonds. The SMILES string of the molecule is CC(C)c1ncc(Cl)c(C(=O)N[C@@H](C(N)=O)c2ccccc2)n1. The molecule has 0 spiro atoms. The van der Waals surface area contributed by atoms with E-state index in [1.807, 2.05) is 13.8 Å². The number of hydrogen-bond donors (Lipinski definition) is 2. The van der Waals surface area contributed by atoms with E-state index >= 15 is 0 Å². The van der Waals surface area contributed by atoms with Crippen LogP contribution in [0.2, 0.25) is 5.02 Å². The Hall–Kier alpha value is -2.47. The molecule has 1 atom stereocenters. The molecule has 0 fully saturated rings. The van der Waals surface area contributed by atoms with Crippen LogP contribution < -0.4 is 11.1 Å². The quantitative estimate of drug-likeness (QED) is 0.877. The summed E-state index contributed by atoms with van der Waals surface area (Å²) in [6, 6.07) is 7.77. The average Bonchev–Trinajstić information content (AvgIpc) is 2.53. The second kappa shape index (κ2) is 7.19. The summed E-state index contributed by atoms with van der Waals surface area (Å²) in [7, 11) is 0. The highest BCUT2D eigenvalue weighted by Crippen LogP contribution is 2.18. The number of hydrogen-bond acceptors (Lipinski definition) is 4. The lowest BCUT2D eigenvalue weighted by atomic mass is 10.1. The number of benzene rings is 1. The molecule has 0 aliphatic heterocycles. The number of carbonyl (C=O) groups is 2. The molecule has 3 N–H and O–H groups in total. The smallest absolute Gasteiger partial charge is 0.272 e. The monoisotopic (exact) mass is 332 g/mol. The van der Waals surface area contributed by atoms with Crippen molar-refractivity contribution in [2.45, 2.75) is 25.8 Å². The van der Waals surface area contributed by atoms with E-state index in [0.717, 1.165) is 0 Å². The Bertz CT molecular complexity index is 719. The minimum absolute atomic E-state index is 0.0209. The van der Waals surface area contributed by atoms with Crippen LogP contribution in [0.4, 0.5) is 0 Å². The molecule has 2 aromatic rings. The van der Waals surface area contributed by atoms with Crippen LogP contribution in [0.3, 0.4) is 0 Å². The minimum atomic E-state index is -0.961. The van der Waals surface area contributed by atoms with Crippen LogP contribution >= 0.6 is 11.6 Å². The molecule has 0 bridgehead atoms. The number of halogens is 1. The van der Waals surface area contributed by atoms with Crippen LogP contribution in [0.5, 0.6) is 0 Å². The fraction of sp³-hybridized carbons (Fsp3) is 0.250. The van der Waals surface area contributed by atoms with Gasteiger partial charge in [0.25, 0.3) is 5.91 Å². The number of carbonyl (C=O) groups excluding carboxylic acids is 2. The number of aromatic nitrogens is 2. The van der Waals surface area contributed by atoms with Crippen molar-refractivity contribution in [2.24, 2.45) is 5.73 Å². The van der Waals surface area contributed by atoms with Gasteiger partial charge >= 0.3 is 0 Å². The molecule has 0 aliphatic rings. The number of primary amides is 1. The summed E-state index contributed by atoms with van der Waals surface area (Å²) >= 11 is 6.00. The van der Waals surface area contributed by atoms with Gasteiger partial charge in [0, 0.05) is 5.92 Å². The first-order valence-corrected chi connectivity index (χ1v) is 7.45. The molecule has 1 aromatic heterocycles. The van der Waals surface area contributed by atoms with Crippen molar-refractivity contribution in [2.75, 3.05) is 0 Å². The second-order valence-electron chi connectivity index (χ2n) is 5.30. The van der Waals surface area contributed by atoms with Gasteiger partial charge in [-0.1, -0.05) is 55.8 Å². The van der Waals surface area contributed by atoms with Gasteiger partial charge in [0.1, 0.15) is 17.6 Å². The lowest BCUT2D eigenvalue weighted by molar-refractivity contribution is -0.120. The first-order chi connectivity index (χ1) is 10.9. The maximum absolute atomic E-state index is 12.4. The van der Waals surface area contributed by atoms with Gasteiger partial charge in [-0.2, -0.15) is 0 Å². The van der Waals surface area contributed by atoms with Crippen molar-refractivity contribution in [3.05, 3.63) is 58.6 Å². The van der Waals surface area contributed by atoms with E-state index in [0.29, 0.717) is 11.4 Å².